The van der Waals surface area contributed by atoms with Crippen LogP contribution in [0.4, 0.5) is 0 Å². The van der Waals surface area contributed by atoms with Gasteiger partial charge in [-0.2, -0.15) is 0 Å². The molecule has 0 saturated carbocycles. The van der Waals surface area contributed by atoms with E-state index in [4.69, 9.17) is 4.74 Å². The standard InChI is InChI=1S/C11H22N2O2/c1-11(2,8-15-3)13-10(14)9-5-4-6-12-7-9/h9,12H,4-8H2,1-3H3,(H,13,14)/t9-/m0/s1. The van der Waals surface area contributed by atoms with Crippen molar-refractivity contribution < 1.29 is 9.53 Å². The lowest BCUT2D eigenvalue weighted by atomic mass is 9.97. The topological polar surface area (TPSA) is 50.4 Å². The van der Waals surface area contributed by atoms with Gasteiger partial charge < -0.3 is 15.4 Å². The molecule has 1 amide bonds. The molecule has 0 unspecified atom stereocenters. The molecule has 1 rings (SSSR count). The van der Waals surface area contributed by atoms with E-state index in [2.05, 4.69) is 10.6 Å². The van der Waals surface area contributed by atoms with Crippen LogP contribution in [0.3, 0.4) is 0 Å². The largest absolute Gasteiger partial charge is 0.382 e. The van der Waals surface area contributed by atoms with E-state index in [0.29, 0.717) is 6.61 Å². The second-order valence-electron chi connectivity index (χ2n) is 4.85. The summed E-state index contributed by atoms with van der Waals surface area (Å²) in [7, 11) is 1.65. The van der Waals surface area contributed by atoms with Crippen LogP contribution < -0.4 is 10.6 Å². The predicted molar refractivity (Wildman–Crippen MR) is 59.7 cm³/mol. The second kappa shape index (κ2) is 5.47. The van der Waals surface area contributed by atoms with Gasteiger partial charge in [0.05, 0.1) is 18.1 Å². The lowest BCUT2D eigenvalue weighted by molar-refractivity contribution is -0.127. The summed E-state index contributed by atoms with van der Waals surface area (Å²) in [5, 5.41) is 6.26. The van der Waals surface area contributed by atoms with Crippen LogP contribution in [0.1, 0.15) is 26.7 Å². The number of ether oxygens (including phenoxy) is 1. The van der Waals surface area contributed by atoms with Crippen molar-refractivity contribution in [2.45, 2.75) is 32.2 Å². The summed E-state index contributed by atoms with van der Waals surface area (Å²) in [6.07, 6.45) is 2.07. The Labute approximate surface area is 91.8 Å². The van der Waals surface area contributed by atoms with Crippen LogP contribution in [0.15, 0.2) is 0 Å². The van der Waals surface area contributed by atoms with Gasteiger partial charge in [0.25, 0.3) is 0 Å². The first-order chi connectivity index (χ1) is 7.05. The van der Waals surface area contributed by atoms with Crippen LogP contribution in [0, 0.1) is 5.92 Å². The molecule has 4 nitrogen and oxygen atoms in total. The van der Waals surface area contributed by atoms with Crippen molar-refractivity contribution in [1.82, 2.24) is 10.6 Å². The van der Waals surface area contributed by atoms with Crippen molar-refractivity contribution in [3.63, 3.8) is 0 Å². The van der Waals surface area contributed by atoms with E-state index in [1.54, 1.807) is 7.11 Å². The van der Waals surface area contributed by atoms with Crippen molar-refractivity contribution >= 4 is 5.91 Å². The molecule has 0 bridgehead atoms. The summed E-state index contributed by atoms with van der Waals surface area (Å²) in [4.78, 5) is 11.9. The van der Waals surface area contributed by atoms with Gasteiger partial charge in [-0.25, -0.2) is 0 Å². The highest BCUT2D eigenvalue weighted by molar-refractivity contribution is 5.79. The highest BCUT2D eigenvalue weighted by atomic mass is 16.5. The Morgan fingerprint density at radius 3 is 2.87 bits per heavy atom. The van der Waals surface area contributed by atoms with Crippen molar-refractivity contribution in [2.75, 3.05) is 26.8 Å². The monoisotopic (exact) mass is 214 g/mol. The number of amides is 1. The van der Waals surface area contributed by atoms with E-state index in [1.165, 1.54) is 0 Å². The summed E-state index contributed by atoms with van der Waals surface area (Å²) in [5.74, 6) is 0.263. The molecule has 1 aliphatic heterocycles. The SMILES string of the molecule is COCC(C)(C)NC(=O)[C@H]1CCCNC1. The highest BCUT2D eigenvalue weighted by Gasteiger charge is 2.26. The van der Waals surface area contributed by atoms with Crippen molar-refractivity contribution in [3.8, 4) is 0 Å². The molecule has 0 aromatic carbocycles. The quantitative estimate of drug-likeness (QED) is 0.717. The van der Waals surface area contributed by atoms with Crippen molar-refractivity contribution in [2.24, 2.45) is 5.92 Å². The zero-order valence-corrected chi connectivity index (χ0v) is 9.93. The Morgan fingerprint density at radius 2 is 2.33 bits per heavy atom. The first kappa shape index (κ1) is 12.5. The maximum absolute atomic E-state index is 11.9. The van der Waals surface area contributed by atoms with E-state index in [1.807, 2.05) is 13.8 Å². The first-order valence-electron chi connectivity index (χ1n) is 5.57. The average molecular weight is 214 g/mol. The minimum Gasteiger partial charge on any atom is -0.382 e. The third kappa shape index (κ3) is 4.18. The fraction of sp³-hybridized carbons (Fsp3) is 0.909. The van der Waals surface area contributed by atoms with E-state index >= 15 is 0 Å². The summed E-state index contributed by atoms with van der Waals surface area (Å²) < 4.78 is 5.06. The Balaban J connectivity index is 2.39. The van der Waals surface area contributed by atoms with E-state index < -0.39 is 0 Å². The fourth-order valence-corrected chi connectivity index (χ4v) is 1.91. The van der Waals surface area contributed by atoms with Crippen LogP contribution in [-0.2, 0) is 9.53 Å². The Morgan fingerprint density at radius 1 is 1.60 bits per heavy atom. The van der Waals surface area contributed by atoms with Gasteiger partial charge in [0.1, 0.15) is 0 Å². The number of carbonyl (C=O) groups is 1. The summed E-state index contributed by atoms with van der Waals surface area (Å²) in [6, 6.07) is 0. The third-order valence-corrected chi connectivity index (χ3v) is 2.63. The number of piperidine rings is 1. The van der Waals surface area contributed by atoms with Crippen LogP contribution in [0.25, 0.3) is 0 Å². The zero-order valence-electron chi connectivity index (χ0n) is 9.93. The minimum absolute atomic E-state index is 0.120. The van der Waals surface area contributed by atoms with Crippen LogP contribution in [0.5, 0.6) is 0 Å². The van der Waals surface area contributed by atoms with Gasteiger partial charge in [0, 0.05) is 13.7 Å². The molecule has 1 heterocycles. The lowest BCUT2D eigenvalue weighted by Crippen LogP contribution is -2.51. The smallest absolute Gasteiger partial charge is 0.224 e. The molecule has 0 aromatic rings. The van der Waals surface area contributed by atoms with E-state index in [9.17, 15) is 4.79 Å². The third-order valence-electron chi connectivity index (χ3n) is 2.63. The zero-order chi connectivity index (χ0) is 11.3. The molecule has 2 N–H and O–H groups in total. The van der Waals surface area contributed by atoms with Crippen LogP contribution in [-0.4, -0.2) is 38.3 Å². The molecule has 1 aliphatic rings. The summed E-state index contributed by atoms with van der Waals surface area (Å²) in [5.41, 5.74) is -0.275. The molecule has 1 atom stereocenters. The molecule has 1 saturated heterocycles. The Bertz CT molecular complexity index is 211. The van der Waals surface area contributed by atoms with Crippen LogP contribution >= 0.6 is 0 Å². The minimum atomic E-state index is -0.275. The normalized spacial score (nSPS) is 22.5. The fourth-order valence-electron chi connectivity index (χ4n) is 1.91. The molecule has 88 valence electrons. The number of carbonyl (C=O) groups excluding carboxylic acids is 1. The molecule has 0 radical (unpaired) electrons. The lowest BCUT2D eigenvalue weighted by Gasteiger charge is -2.29. The molecule has 0 aromatic heterocycles. The number of hydrogen-bond donors (Lipinski definition) is 2. The van der Waals surface area contributed by atoms with Gasteiger partial charge in [0.2, 0.25) is 5.91 Å². The van der Waals surface area contributed by atoms with Gasteiger partial charge in [-0.05, 0) is 33.2 Å². The number of rotatable bonds is 4. The van der Waals surface area contributed by atoms with Crippen molar-refractivity contribution in [3.05, 3.63) is 0 Å². The second-order valence-corrected chi connectivity index (χ2v) is 4.85. The molecular formula is C11H22N2O2. The number of methoxy groups -OCH3 is 1. The Hall–Kier alpha value is -0.610. The number of nitrogens with one attached hydrogen (secondary N) is 2. The molecule has 4 heteroatoms. The first-order valence-corrected chi connectivity index (χ1v) is 5.57. The summed E-state index contributed by atoms with van der Waals surface area (Å²) in [6.45, 7) is 6.33. The molecule has 15 heavy (non-hydrogen) atoms. The number of hydrogen-bond acceptors (Lipinski definition) is 3. The van der Waals surface area contributed by atoms with Crippen LogP contribution in [0.2, 0.25) is 0 Å². The molecular weight excluding hydrogens is 192 g/mol. The van der Waals surface area contributed by atoms with Gasteiger partial charge in [0.15, 0.2) is 0 Å². The van der Waals surface area contributed by atoms with Gasteiger partial charge in [-0.3, -0.25) is 4.79 Å². The van der Waals surface area contributed by atoms with E-state index in [-0.39, 0.29) is 17.4 Å². The van der Waals surface area contributed by atoms with Gasteiger partial charge in [-0.15, -0.1) is 0 Å². The van der Waals surface area contributed by atoms with Crippen molar-refractivity contribution in [1.29, 1.82) is 0 Å². The van der Waals surface area contributed by atoms with Gasteiger partial charge >= 0.3 is 0 Å². The maximum atomic E-state index is 11.9. The maximum Gasteiger partial charge on any atom is 0.224 e. The summed E-state index contributed by atoms with van der Waals surface area (Å²) >= 11 is 0. The molecule has 0 aliphatic carbocycles. The Kier molecular flexibility index (Phi) is 4.54. The highest BCUT2D eigenvalue weighted by Crippen LogP contribution is 2.12. The average Bonchev–Trinajstić information content (AvgIpc) is 2.18. The van der Waals surface area contributed by atoms with E-state index in [0.717, 1.165) is 25.9 Å². The van der Waals surface area contributed by atoms with Gasteiger partial charge in [-0.1, -0.05) is 0 Å². The predicted octanol–water partition coefficient (Wildman–Crippen LogP) is 0.527. The molecule has 0 spiro atoms. The molecule has 1 fully saturated rings.